The summed E-state index contributed by atoms with van der Waals surface area (Å²) in [6, 6.07) is 27.2. The van der Waals surface area contributed by atoms with Crippen molar-refractivity contribution in [2.75, 3.05) is 6.61 Å². The summed E-state index contributed by atoms with van der Waals surface area (Å²) in [5.41, 5.74) is 5.11. The monoisotopic (exact) mass is 547 g/mol. The van der Waals surface area contributed by atoms with Crippen LogP contribution in [0, 0.1) is 6.92 Å². The molecule has 0 aliphatic rings. The molecule has 5 nitrogen and oxygen atoms in total. The first-order valence-corrected chi connectivity index (χ1v) is 14.4. The minimum absolute atomic E-state index is 0.0322. The first kappa shape index (κ1) is 27.4. The van der Waals surface area contributed by atoms with Crippen LogP contribution in [0.5, 0.6) is 5.75 Å². The lowest BCUT2D eigenvalue weighted by Crippen LogP contribution is -2.31. The number of halogens is 1. The van der Waals surface area contributed by atoms with Crippen molar-refractivity contribution in [1.29, 1.82) is 0 Å². The largest absolute Gasteiger partial charge is 0.493 e. The van der Waals surface area contributed by atoms with Crippen LogP contribution < -0.4 is 9.46 Å². The van der Waals surface area contributed by atoms with Crippen molar-refractivity contribution in [3.05, 3.63) is 118 Å². The first-order chi connectivity index (χ1) is 18.3. The molecule has 1 N–H and O–H groups in total. The number of sulfonamides is 1. The van der Waals surface area contributed by atoms with Crippen LogP contribution in [0.1, 0.15) is 40.4 Å². The Morgan fingerprint density at radius 3 is 2.34 bits per heavy atom. The Morgan fingerprint density at radius 2 is 1.63 bits per heavy atom. The molecule has 0 radical (unpaired) electrons. The van der Waals surface area contributed by atoms with Crippen LogP contribution in [0.3, 0.4) is 0 Å². The summed E-state index contributed by atoms with van der Waals surface area (Å²) in [4.78, 5) is 13.3. The van der Waals surface area contributed by atoms with Gasteiger partial charge in [0.25, 0.3) is 15.9 Å². The highest BCUT2D eigenvalue weighted by atomic mass is 35.5. The standard InChI is InChI=1S/C31H30ClNO4S/c1-3-19-37-30-18-9-22(2)20-29(30)25-12-17-28(24(21-25)11-10-23-7-5-4-6-8-23)31(34)33-38(35,36)27-15-13-26(32)14-16-27/h4-9,12-18,20-21H,3,10-11,19H2,1-2H3,(H,33,34). The number of rotatable bonds is 10. The van der Waals surface area contributed by atoms with E-state index >= 15 is 0 Å². The average molecular weight is 548 g/mol. The molecule has 0 unspecified atom stereocenters. The summed E-state index contributed by atoms with van der Waals surface area (Å²) in [7, 11) is -4.07. The van der Waals surface area contributed by atoms with Crippen molar-refractivity contribution >= 4 is 27.5 Å². The van der Waals surface area contributed by atoms with Gasteiger partial charge in [-0.05, 0) is 85.3 Å². The van der Waals surface area contributed by atoms with Gasteiger partial charge in [-0.15, -0.1) is 0 Å². The highest BCUT2D eigenvalue weighted by Gasteiger charge is 2.21. The molecule has 0 spiro atoms. The maximum Gasteiger partial charge on any atom is 0.265 e. The molecule has 0 heterocycles. The number of hydrogen-bond donors (Lipinski definition) is 1. The minimum atomic E-state index is -4.07. The minimum Gasteiger partial charge on any atom is -0.493 e. The number of ether oxygens (including phenoxy) is 1. The van der Waals surface area contributed by atoms with Gasteiger partial charge in [-0.3, -0.25) is 4.79 Å². The summed E-state index contributed by atoms with van der Waals surface area (Å²) >= 11 is 5.89. The SMILES string of the molecule is CCCOc1ccc(C)cc1-c1ccc(C(=O)NS(=O)(=O)c2ccc(Cl)cc2)c(CCc2ccccc2)c1. The van der Waals surface area contributed by atoms with Crippen LogP contribution in [0.25, 0.3) is 11.1 Å². The first-order valence-electron chi connectivity index (χ1n) is 12.5. The van der Waals surface area contributed by atoms with Crippen LogP contribution in [-0.2, 0) is 22.9 Å². The second-order valence-corrected chi connectivity index (χ2v) is 11.2. The van der Waals surface area contributed by atoms with E-state index in [1.165, 1.54) is 24.3 Å². The zero-order chi connectivity index (χ0) is 27.1. The second-order valence-electron chi connectivity index (χ2n) is 9.09. The third kappa shape index (κ3) is 6.82. The van der Waals surface area contributed by atoms with E-state index in [0.717, 1.165) is 40.0 Å². The van der Waals surface area contributed by atoms with Crippen LogP contribution >= 0.6 is 11.6 Å². The fraction of sp³-hybridized carbons (Fsp3) is 0.194. The third-order valence-electron chi connectivity index (χ3n) is 6.13. The number of benzene rings is 4. The molecule has 0 fully saturated rings. The maximum absolute atomic E-state index is 13.3. The Balaban J connectivity index is 1.71. The number of carbonyl (C=O) groups is 1. The van der Waals surface area contributed by atoms with Crippen molar-refractivity contribution in [2.45, 2.75) is 38.0 Å². The van der Waals surface area contributed by atoms with E-state index in [-0.39, 0.29) is 4.90 Å². The van der Waals surface area contributed by atoms with Crippen LogP contribution in [0.2, 0.25) is 5.02 Å². The van der Waals surface area contributed by atoms with E-state index < -0.39 is 15.9 Å². The summed E-state index contributed by atoms with van der Waals surface area (Å²) in [5, 5.41) is 0.410. The topological polar surface area (TPSA) is 72.5 Å². The molecular formula is C31H30ClNO4S. The molecular weight excluding hydrogens is 518 g/mol. The smallest absolute Gasteiger partial charge is 0.265 e. The molecule has 0 atom stereocenters. The van der Waals surface area contributed by atoms with Crippen molar-refractivity contribution < 1.29 is 17.9 Å². The van der Waals surface area contributed by atoms with Crippen LogP contribution in [0.4, 0.5) is 0 Å². The van der Waals surface area contributed by atoms with E-state index in [0.29, 0.717) is 30.0 Å². The Kier molecular flexibility index (Phi) is 8.87. The molecule has 0 aromatic heterocycles. The molecule has 0 aliphatic heterocycles. The summed E-state index contributed by atoms with van der Waals surface area (Å²) in [6.07, 6.45) is 2.14. The number of carbonyl (C=O) groups excluding carboxylic acids is 1. The fourth-order valence-corrected chi connectivity index (χ4v) is 5.26. The van der Waals surface area contributed by atoms with Crippen LogP contribution in [-0.4, -0.2) is 20.9 Å². The Hall–Kier alpha value is -3.61. The molecule has 196 valence electrons. The molecule has 38 heavy (non-hydrogen) atoms. The lowest BCUT2D eigenvalue weighted by atomic mass is 9.94. The molecule has 4 rings (SSSR count). The predicted octanol–water partition coefficient (Wildman–Crippen LogP) is 7.01. The Labute approximate surface area is 229 Å². The normalized spacial score (nSPS) is 11.2. The van der Waals surface area contributed by atoms with Gasteiger partial charge in [0, 0.05) is 16.1 Å². The Morgan fingerprint density at radius 1 is 0.895 bits per heavy atom. The van der Waals surface area contributed by atoms with Gasteiger partial charge >= 0.3 is 0 Å². The zero-order valence-electron chi connectivity index (χ0n) is 21.4. The number of hydrogen-bond acceptors (Lipinski definition) is 4. The molecule has 0 bridgehead atoms. The molecule has 4 aromatic carbocycles. The van der Waals surface area contributed by atoms with Gasteiger partial charge in [0.1, 0.15) is 5.75 Å². The van der Waals surface area contributed by atoms with Crippen molar-refractivity contribution in [1.82, 2.24) is 4.72 Å². The van der Waals surface area contributed by atoms with E-state index in [9.17, 15) is 13.2 Å². The third-order valence-corrected chi connectivity index (χ3v) is 7.73. The van der Waals surface area contributed by atoms with E-state index in [1.807, 2.05) is 61.5 Å². The Bertz CT molecular complexity index is 1520. The second kappa shape index (κ2) is 12.3. The molecule has 0 aliphatic carbocycles. The van der Waals surface area contributed by atoms with Gasteiger partial charge in [-0.2, -0.15) is 0 Å². The lowest BCUT2D eigenvalue weighted by molar-refractivity contribution is 0.0980. The van der Waals surface area contributed by atoms with Crippen LogP contribution in [0.15, 0.2) is 95.9 Å². The van der Waals surface area contributed by atoms with Gasteiger partial charge in [-0.1, -0.05) is 72.6 Å². The van der Waals surface area contributed by atoms with E-state index in [2.05, 4.69) is 17.7 Å². The molecule has 0 saturated carbocycles. The highest BCUT2D eigenvalue weighted by Crippen LogP contribution is 2.33. The van der Waals surface area contributed by atoms with Gasteiger partial charge in [0.2, 0.25) is 0 Å². The molecule has 0 saturated heterocycles. The van der Waals surface area contributed by atoms with Crippen molar-refractivity contribution in [2.24, 2.45) is 0 Å². The van der Waals surface area contributed by atoms with Gasteiger partial charge < -0.3 is 4.74 Å². The average Bonchev–Trinajstić information content (AvgIpc) is 2.91. The van der Waals surface area contributed by atoms with Crippen molar-refractivity contribution in [3.8, 4) is 16.9 Å². The predicted molar refractivity (Wildman–Crippen MR) is 152 cm³/mol. The molecule has 1 amide bonds. The summed E-state index contributed by atoms with van der Waals surface area (Å²) in [6.45, 7) is 4.67. The van der Waals surface area contributed by atoms with E-state index in [1.54, 1.807) is 6.07 Å². The van der Waals surface area contributed by atoms with Gasteiger partial charge in [-0.25, -0.2) is 13.1 Å². The van der Waals surface area contributed by atoms with Gasteiger partial charge in [0.15, 0.2) is 0 Å². The quantitative estimate of drug-likeness (QED) is 0.232. The maximum atomic E-state index is 13.3. The van der Waals surface area contributed by atoms with Gasteiger partial charge in [0.05, 0.1) is 11.5 Å². The fourth-order valence-electron chi connectivity index (χ4n) is 4.17. The summed E-state index contributed by atoms with van der Waals surface area (Å²) in [5.74, 6) is 0.0928. The van der Waals surface area contributed by atoms with Crippen molar-refractivity contribution in [3.63, 3.8) is 0 Å². The summed E-state index contributed by atoms with van der Waals surface area (Å²) < 4.78 is 34.0. The van der Waals surface area contributed by atoms with E-state index in [4.69, 9.17) is 16.3 Å². The number of aryl methyl sites for hydroxylation is 3. The zero-order valence-corrected chi connectivity index (χ0v) is 23.0. The molecule has 4 aromatic rings. The lowest BCUT2D eigenvalue weighted by Gasteiger charge is -2.16. The number of amides is 1. The molecule has 7 heteroatoms. The number of nitrogens with one attached hydrogen (secondary N) is 1. The highest BCUT2D eigenvalue weighted by molar-refractivity contribution is 7.90.